The van der Waals surface area contributed by atoms with Crippen LogP contribution in [0.15, 0.2) is 10.6 Å². The Morgan fingerprint density at radius 2 is 2.15 bits per heavy atom. The fraction of sp³-hybridized carbons (Fsp3) is 0.737. The van der Waals surface area contributed by atoms with Gasteiger partial charge in [0.2, 0.25) is 5.91 Å². The first-order valence-corrected chi connectivity index (χ1v) is 9.38. The molecule has 4 atom stereocenters. The van der Waals surface area contributed by atoms with Crippen molar-refractivity contribution in [3.63, 3.8) is 0 Å². The van der Waals surface area contributed by atoms with E-state index in [-0.39, 0.29) is 29.6 Å². The molecule has 2 aliphatic rings. The molecule has 1 saturated heterocycles. The standard InChI is InChI=1S/C19H29N3O4/c1-12-9-15(21-26-12)17(24)22-14(11-20-13(2)23)10-18(3)16(22)7-5-6-8-19(18,4)25/h9,14,16,25H,5-8,10-11H2,1-4H3,(H,20,23)/t14-,16-,18-,19+/m1/s1. The van der Waals surface area contributed by atoms with Crippen molar-refractivity contribution in [3.05, 3.63) is 17.5 Å². The summed E-state index contributed by atoms with van der Waals surface area (Å²) < 4.78 is 5.09. The van der Waals surface area contributed by atoms with E-state index in [4.69, 9.17) is 4.52 Å². The molecule has 144 valence electrons. The lowest BCUT2D eigenvalue weighted by atomic mass is 9.67. The maximum absolute atomic E-state index is 13.2. The summed E-state index contributed by atoms with van der Waals surface area (Å²) in [5, 5.41) is 17.9. The molecule has 1 aliphatic carbocycles. The fourth-order valence-corrected chi connectivity index (χ4v) is 4.75. The highest BCUT2D eigenvalue weighted by Gasteiger charge is 2.59. The van der Waals surface area contributed by atoms with Gasteiger partial charge >= 0.3 is 0 Å². The van der Waals surface area contributed by atoms with Gasteiger partial charge in [0.1, 0.15) is 5.76 Å². The van der Waals surface area contributed by atoms with Gasteiger partial charge in [-0.25, -0.2) is 0 Å². The number of hydrogen-bond donors (Lipinski definition) is 2. The van der Waals surface area contributed by atoms with E-state index in [0.717, 1.165) is 25.7 Å². The molecule has 0 aromatic carbocycles. The molecule has 7 nitrogen and oxygen atoms in total. The molecular weight excluding hydrogens is 334 g/mol. The maximum Gasteiger partial charge on any atom is 0.276 e. The summed E-state index contributed by atoms with van der Waals surface area (Å²) in [5.41, 5.74) is -1.01. The number of hydrogen-bond acceptors (Lipinski definition) is 5. The predicted molar refractivity (Wildman–Crippen MR) is 95.5 cm³/mol. The molecule has 3 rings (SSSR count). The van der Waals surface area contributed by atoms with Gasteiger partial charge in [-0.2, -0.15) is 0 Å². The van der Waals surface area contributed by atoms with E-state index >= 15 is 0 Å². The first kappa shape index (κ1) is 18.9. The van der Waals surface area contributed by atoms with Gasteiger partial charge in [0.05, 0.1) is 11.6 Å². The Kier molecular flexibility index (Phi) is 4.86. The van der Waals surface area contributed by atoms with E-state index in [0.29, 0.717) is 18.7 Å². The zero-order valence-corrected chi connectivity index (χ0v) is 16.0. The Balaban J connectivity index is 1.98. The number of aliphatic hydroxyl groups is 1. The second-order valence-electron chi connectivity index (χ2n) is 8.28. The van der Waals surface area contributed by atoms with E-state index < -0.39 is 11.0 Å². The molecule has 0 radical (unpaired) electrons. The van der Waals surface area contributed by atoms with Crippen LogP contribution in [0.1, 0.15) is 69.1 Å². The molecular formula is C19H29N3O4. The zero-order valence-electron chi connectivity index (χ0n) is 16.0. The summed E-state index contributed by atoms with van der Waals surface area (Å²) in [6, 6.07) is 1.37. The van der Waals surface area contributed by atoms with Crippen LogP contribution in [0.4, 0.5) is 0 Å². The van der Waals surface area contributed by atoms with E-state index in [2.05, 4.69) is 17.4 Å². The number of aromatic nitrogens is 1. The number of nitrogens with one attached hydrogen (secondary N) is 1. The van der Waals surface area contributed by atoms with Crippen LogP contribution >= 0.6 is 0 Å². The van der Waals surface area contributed by atoms with Gasteiger partial charge < -0.3 is 19.8 Å². The molecule has 2 fully saturated rings. The van der Waals surface area contributed by atoms with E-state index in [9.17, 15) is 14.7 Å². The van der Waals surface area contributed by atoms with Gasteiger partial charge in [-0.15, -0.1) is 0 Å². The number of carbonyl (C=O) groups is 2. The van der Waals surface area contributed by atoms with Crippen LogP contribution in [0.2, 0.25) is 0 Å². The monoisotopic (exact) mass is 363 g/mol. The third-order valence-corrected chi connectivity index (χ3v) is 6.41. The van der Waals surface area contributed by atoms with Gasteiger partial charge in [-0.05, 0) is 33.1 Å². The number of amides is 2. The number of likely N-dealkylation sites (tertiary alicyclic amines) is 1. The Morgan fingerprint density at radius 3 is 2.77 bits per heavy atom. The maximum atomic E-state index is 13.2. The van der Waals surface area contributed by atoms with Crippen LogP contribution in [0.5, 0.6) is 0 Å². The molecule has 1 aromatic heterocycles. The first-order chi connectivity index (χ1) is 12.2. The minimum absolute atomic E-state index is 0.0942. The molecule has 0 bridgehead atoms. The summed E-state index contributed by atoms with van der Waals surface area (Å²) in [6.07, 6.45) is 4.11. The molecule has 0 spiro atoms. The average molecular weight is 363 g/mol. The Bertz CT molecular complexity index is 699. The quantitative estimate of drug-likeness (QED) is 0.857. The average Bonchev–Trinajstić information content (AvgIpc) is 3.08. The second-order valence-corrected chi connectivity index (χ2v) is 8.28. The van der Waals surface area contributed by atoms with Crippen LogP contribution < -0.4 is 5.32 Å². The van der Waals surface area contributed by atoms with Crippen molar-refractivity contribution >= 4 is 11.8 Å². The second kappa shape index (κ2) is 6.68. The van der Waals surface area contributed by atoms with Crippen molar-refractivity contribution < 1.29 is 19.2 Å². The summed E-state index contributed by atoms with van der Waals surface area (Å²) in [4.78, 5) is 26.5. The Hall–Kier alpha value is -1.89. The molecule has 2 N–H and O–H groups in total. The number of aryl methyl sites for hydroxylation is 1. The molecule has 2 heterocycles. The van der Waals surface area contributed by atoms with Crippen molar-refractivity contribution in [3.8, 4) is 0 Å². The number of rotatable bonds is 3. The van der Waals surface area contributed by atoms with Crippen molar-refractivity contribution in [1.29, 1.82) is 0 Å². The number of carbonyl (C=O) groups excluding carboxylic acids is 2. The minimum Gasteiger partial charge on any atom is -0.390 e. The lowest BCUT2D eigenvalue weighted by Gasteiger charge is -2.43. The van der Waals surface area contributed by atoms with Gasteiger partial charge in [-0.3, -0.25) is 9.59 Å². The van der Waals surface area contributed by atoms with Crippen molar-refractivity contribution in [1.82, 2.24) is 15.4 Å². The Morgan fingerprint density at radius 1 is 1.42 bits per heavy atom. The van der Waals surface area contributed by atoms with Crippen molar-refractivity contribution in [2.45, 2.75) is 77.5 Å². The number of fused-ring (bicyclic) bond motifs is 1. The predicted octanol–water partition coefficient (Wildman–Crippen LogP) is 2.03. The van der Waals surface area contributed by atoms with Crippen LogP contribution in [-0.4, -0.2) is 51.2 Å². The third-order valence-electron chi connectivity index (χ3n) is 6.41. The zero-order chi connectivity index (χ0) is 19.1. The van der Waals surface area contributed by atoms with Gasteiger partial charge in [0.15, 0.2) is 5.69 Å². The lowest BCUT2D eigenvalue weighted by Crippen LogP contribution is -2.52. The normalized spacial score (nSPS) is 34.3. The smallest absolute Gasteiger partial charge is 0.276 e. The lowest BCUT2D eigenvalue weighted by molar-refractivity contribution is -0.119. The molecule has 7 heteroatoms. The Labute approximate surface area is 154 Å². The van der Waals surface area contributed by atoms with Gasteiger partial charge in [0.25, 0.3) is 5.91 Å². The van der Waals surface area contributed by atoms with Crippen LogP contribution in [-0.2, 0) is 4.79 Å². The highest BCUT2D eigenvalue weighted by atomic mass is 16.5. The molecule has 1 aliphatic heterocycles. The van der Waals surface area contributed by atoms with E-state index in [1.807, 2.05) is 11.8 Å². The molecule has 26 heavy (non-hydrogen) atoms. The third kappa shape index (κ3) is 3.13. The van der Waals surface area contributed by atoms with Crippen LogP contribution in [0.3, 0.4) is 0 Å². The van der Waals surface area contributed by atoms with Gasteiger partial charge in [-0.1, -0.05) is 24.9 Å². The van der Waals surface area contributed by atoms with E-state index in [1.165, 1.54) is 6.92 Å². The fourth-order valence-electron chi connectivity index (χ4n) is 4.75. The SMILES string of the molecule is CC(=O)NC[C@H]1C[C@]2(C)[C@@H](CCCC[C@]2(C)O)N1C(=O)c1cc(C)on1. The first-order valence-electron chi connectivity index (χ1n) is 9.38. The number of nitrogens with zero attached hydrogens (tertiary/aromatic N) is 2. The highest BCUT2D eigenvalue weighted by Crippen LogP contribution is 2.53. The van der Waals surface area contributed by atoms with Crippen LogP contribution in [0.25, 0.3) is 0 Å². The summed E-state index contributed by atoms with van der Waals surface area (Å²) in [7, 11) is 0. The van der Waals surface area contributed by atoms with Crippen molar-refractivity contribution in [2.75, 3.05) is 6.54 Å². The molecule has 2 amide bonds. The topological polar surface area (TPSA) is 95.7 Å². The summed E-state index contributed by atoms with van der Waals surface area (Å²) >= 11 is 0. The van der Waals surface area contributed by atoms with E-state index in [1.54, 1.807) is 13.0 Å². The van der Waals surface area contributed by atoms with Gasteiger partial charge in [0, 0.05) is 31.0 Å². The largest absolute Gasteiger partial charge is 0.390 e. The molecule has 1 saturated carbocycles. The highest BCUT2D eigenvalue weighted by molar-refractivity contribution is 5.93. The summed E-state index contributed by atoms with van der Waals surface area (Å²) in [6.45, 7) is 7.56. The van der Waals surface area contributed by atoms with Crippen molar-refractivity contribution in [2.24, 2.45) is 5.41 Å². The minimum atomic E-state index is -0.864. The molecule has 1 aromatic rings. The molecule has 0 unspecified atom stereocenters. The van der Waals surface area contributed by atoms with Crippen LogP contribution in [0, 0.1) is 12.3 Å². The summed E-state index contributed by atoms with van der Waals surface area (Å²) in [5.74, 6) is 0.267.